The van der Waals surface area contributed by atoms with Gasteiger partial charge in [-0.15, -0.1) is 0 Å². The number of hydrogen-bond acceptors (Lipinski definition) is 1. The molecule has 0 spiro atoms. The van der Waals surface area contributed by atoms with Gasteiger partial charge in [0.2, 0.25) is 0 Å². The number of ether oxygens (including phenoxy) is 1. The van der Waals surface area contributed by atoms with Crippen LogP contribution in [0.1, 0.15) is 11.1 Å². The van der Waals surface area contributed by atoms with E-state index in [1.54, 1.807) is 7.11 Å². The molecule has 0 aliphatic carbocycles. The third kappa shape index (κ3) is 2.44. The zero-order valence-corrected chi connectivity index (χ0v) is 10.3. The fourth-order valence-corrected chi connectivity index (χ4v) is 2.01. The molecule has 0 N–H and O–H groups in total. The molecule has 0 saturated carbocycles. The van der Waals surface area contributed by atoms with Crippen LogP contribution in [0.3, 0.4) is 0 Å². The van der Waals surface area contributed by atoms with Crippen molar-refractivity contribution in [2.45, 2.75) is 10.7 Å². The highest BCUT2D eigenvalue weighted by molar-refractivity contribution is 9.08. The fourth-order valence-electron chi connectivity index (χ4n) is 1.17. The second kappa shape index (κ2) is 4.96. The Morgan fingerprint density at radius 2 is 1.69 bits per heavy atom. The maximum Gasteiger partial charge on any atom is 0.127 e. The van der Waals surface area contributed by atoms with Crippen LogP contribution in [-0.4, -0.2) is 7.11 Å². The first-order valence-corrected chi connectivity index (χ1v) is 5.94. The van der Waals surface area contributed by atoms with Gasteiger partial charge in [0.1, 0.15) is 11.6 Å². The van der Waals surface area contributed by atoms with Crippen molar-refractivity contribution < 1.29 is 9.13 Å². The Bertz CT molecular complexity index is 277. The van der Waals surface area contributed by atoms with Gasteiger partial charge in [-0.1, -0.05) is 31.9 Å². The molecule has 1 aromatic rings. The normalized spacial score (nSPS) is 10.2. The second-order valence-electron chi connectivity index (χ2n) is 2.52. The molecule has 0 saturated heterocycles. The molecule has 72 valence electrons. The van der Waals surface area contributed by atoms with Crippen molar-refractivity contribution in [3.8, 4) is 5.75 Å². The molecule has 0 bridgehead atoms. The van der Waals surface area contributed by atoms with Gasteiger partial charge < -0.3 is 4.74 Å². The zero-order chi connectivity index (χ0) is 9.84. The molecule has 4 heteroatoms. The molecule has 0 aliphatic heterocycles. The lowest BCUT2D eigenvalue weighted by atomic mass is 10.1. The van der Waals surface area contributed by atoms with E-state index in [0.717, 1.165) is 16.9 Å². The topological polar surface area (TPSA) is 9.23 Å². The minimum Gasteiger partial charge on any atom is -0.496 e. The van der Waals surface area contributed by atoms with Gasteiger partial charge in [-0.05, 0) is 12.1 Å². The molecular weight excluding hydrogens is 303 g/mol. The molecule has 1 aromatic carbocycles. The summed E-state index contributed by atoms with van der Waals surface area (Å²) in [5.74, 6) is 0.514. The van der Waals surface area contributed by atoms with Crippen molar-refractivity contribution in [2.75, 3.05) is 7.11 Å². The lowest BCUT2D eigenvalue weighted by molar-refractivity contribution is 0.406. The second-order valence-corrected chi connectivity index (χ2v) is 3.65. The van der Waals surface area contributed by atoms with Crippen LogP contribution in [0.4, 0.5) is 4.39 Å². The number of benzene rings is 1. The molecular formula is C9H9Br2FO. The van der Waals surface area contributed by atoms with Crippen LogP contribution in [0, 0.1) is 5.82 Å². The van der Waals surface area contributed by atoms with Crippen molar-refractivity contribution in [3.05, 3.63) is 29.1 Å². The summed E-state index contributed by atoms with van der Waals surface area (Å²) in [5.41, 5.74) is 1.66. The third-order valence-electron chi connectivity index (χ3n) is 1.70. The molecule has 13 heavy (non-hydrogen) atoms. The highest BCUT2D eigenvalue weighted by Crippen LogP contribution is 2.28. The van der Waals surface area contributed by atoms with Crippen molar-refractivity contribution >= 4 is 31.9 Å². The SMILES string of the molecule is COc1c(CBr)cc(F)cc1CBr. The quantitative estimate of drug-likeness (QED) is 0.775. The number of halogens is 3. The van der Waals surface area contributed by atoms with Gasteiger partial charge in [-0.2, -0.15) is 0 Å². The summed E-state index contributed by atoms with van der Waals surface area (Å²) in [5, 5.41) is 1.18. The summed E-state index contributed by atoms with van der Waals surface area (Å²) in [6.45, 7) is 0. The van der Waals surface area contributed by atoms with Crippen LogP contribution < -0.4 is 4.74 Å². The lowest BCUT2D eigenvalue weighted by Crippen LogP contribution is -1.95. The van der Waals surface area contributed by atoms with E-state index in [1.807, 2.05) is 0 Å². The average molecular weight is 312 g/mol. The van der Waals surface area contributed by atoms with Crippen LogP contribution >= 0.6 is 31.9 Å². The molecule has 1 nitrogen and oxygen atoms in total. The van der Waals surface area contributed by atoms with Crippen molar-refractivity contribution in [2.24, 2.45) is 0 Å². The zero-order valence-electron chi connectivity index (χ0n) is 7.11. The van der Waals surface area contributed by atoms with E-state index >= 15 is 0 Å². The van der Waals surface area contributed by atoms with E-state index in [0.29, 0.717) is 10.7 Å². The first-order chi connectivity index (χ1) is 6.22. The minimum absolute atomic E-state index is 0.232. The standard InChI is InChI=1S/C9H9Br2FO/c1-13-9-6(4-10)2-8(12)3-7(9)5-11/h2-3H,4-5H2,1H3. The monoisotopic (exact) mass is 310 g/mol. The predicted octanol–water partition coefficient (Wildman–Crippen LogP) is 3.62. The number of alkyl halides is 2. The van der Waals surface area contributed by atoms with E-state index in [4.69, 9.17) is 4.74 Å². The molecule has 0 atom stereocenters. The van der Waals surface area contributed by atoms with Gasteiger partial charge >= 0.3 is 0 Å². The molecule has 0 fully saturated rings. The van der Waals surface area contributed by atoms with Crippen LogP contribution in [0.25, 0.3) is 0 Å². The molecule has 0 aromatic heterocycles. The van der Waals surface area contributed by atoms with E-state index in [9.17, 15) is 4.39 Å². The summed E-state index contributed by atoms with van der Waals surface area (Å²) < 4.78 is 18.2. The largest absolute Gasteiger partial charge is 0.496 e. The van der Waals surface area contributed by atoms with E-state index in [2.05, 4.69) is 31.9 Å². The number of rotatable bonds is 3. The third-order valence-corrected chi connectivity index (χ3v) is 2.91. The summed E-state index contributed by atoms with van der Waals surface area (Å²) >= 11 is 6.57. The number of methoxy groups -OCH3 is 1. The molecule has 0 heterocycles. The van der Waals surface area contributed by atoms with Crippen molar-refractivity contribution in [1.82, 2.24) is 0 Å². The Kier molecular flexibility index (Phi) is 4.19. The first-order valence-electron chi connectivity index (χ1n) is 3.70. The van der Waals surface area contributed by atoms with Crippen LogP contribution in [0.5, 0.6) is 5.75 Å². The van der Waals surface area contributed by atoms with E-state index in [1.165, 1.54) is 12.1 Å². The Morgan fingerprint density at radius 3 is 2.00 bits per heavy atom. The van der Waals surface area contributed by atoms with E-state index < -0.39 is 0 Å². The van der Waals surface area contributed by atoms with Crippen LogP contribution in [-0.2, 0) is 10.7 Å². The average Bonchev–Trinajstić information content (AvgIpc) is 2.16. The van der Waals surface area contributed by atoms with Crippen molar-refractivity contribution in [3.63, 3.8) is 0 Å². The van der Waals surface area contributed by atoms with Gasteiger partial charge in [-0.3, -0.25) is 0 Å². The lowest BCUT2D eigenvalue weighted by Gasteiger charge is -2.10. The summed E-state index contributed by atoms with van der Waals surface area (Å²) in [7, 11) is 1.59. The van der Waals surface area contributed by atoms with E-state index in [-0.39, 0.29) is 5.82 Å². The van der Waals surface area contributed by atoms with Crippen LogP contribution in [0.2, 0.25) is 0 Å². The highest BCUT2D eigenvalue weighted by atomic mass is 79.9. The maximum absolute atomic E-state index is 13.0. The molecule has 0 radical (unpaired) electrons. The summed E-state index contributed by atoms with van der Waals surface area (Å²) in [4.78, 5) is 0. The molecule has 0 amide bonds. The van der Waals surface area contributed by atoms with Gasteiger partial charge in [0.25, 0.3) is 0 Å². The molecule has 0 aliphatic rings. The summed E-state index contributed by atoms with van der Waals surface area (Å²) in [6.07, 6.45) is 0. The number of hydrogen-bond donors (Lipinski definition) is 0. The highest BCUT2D eigenvalue weighted by Gasteiger charge is 2.09. The Labute approximate surface area is 93.5 Å². The smallest absolute Gasteiger partial charge is 0.127 e. The van der Waals surface area contributed by atoms with Crippen LogP contribution in [0.15, 0.2) is 12.1 Å². The molecule has 0 unspecified atom stereocenters. The predicted molar refractivity (Wildman–Crippen MR) is 58.2 cm³/mol. The fraction of sp³-hybridized carbons (Fsp3) is 0.333. The maximum atomic E-state index is 13.0. The Morgan fingerprint density at radius 1 is 1.23 bits per heavy atom. The first kappa shape index (κ1) is 11.0. The van der Waals surface area contributed by atoms with Gasteiger partial charge in [-0.25, -0.2) is 4.39 Å². The Balaban J connectivity index is 3.25. The van der Waals surface area contributed by atoms with Crippen molar-refractivity contribution in [1.29, 1.82) is 0 Å². The van der Waals surface area contributed by atoms with Gasteiger partial charge in [0, 0.05) is 21.8 Å². The Hall–Kier alpha value is -0.0900. The van der Waals surface area contributed by atoms with Gasteiger partial charge in [0.05, 0.1) is 7.11 Å². The molecule has 1 rings (SSSR count). The summed E-state index contributed by atoms with van der Waals surface area (Å²) in [6, 6.07) is 2.94. The minimum atomic E-state index is -0.232. The van der Waals surface area contributed by atoms with Gasteiger partial charge in [0.15, 0.2) is 0 Å².